The zero-order valence-corrected chi connectivity index (χ0v) is 45.4. The van der Waals surface area contributed by atoms with Gasteiger partial charge in [-0.15, -0.1) is 0 Å². The Morgan fingerprint density at radius 2 is 1.11 bits per heavy atom. The summed E-state index contributed by atoms with van der Waals surface area (Å²) in [6.07, 6.45) is 12.9. The van der Waals surface area contributed by atoms with Crippen molar-refractivity contribution in [3.63, 3.8) is 0 Å². The van der Waals surface area contributed by atoms with E-state index in [0.29, 0.717) is 26.2 Å². The van der Waals surface area contributed by atoms with Crippen molar-refractivity contribution in [2.45, 2.75) is 205 Å². The van der Waals surface area contributed by atoms with Crippen molar-refractivity contribution in [2.75, 3.05) is 13.2 Å². The number of unbranched alkanes of at least 4 members (excludes halogenated alkanes) is 9. The summed E-state index contributed by atoms with van der Waals surface area (Å²) in [5.41, 5.74) is 14.3. The molecule has 2 saturated heterocycles. The van der Waals surface area contributed by atoms with Crippen LogP contribution in [0.2, 0.25) is 10.1 Å². The topological polar surface area (TPSA) is 123 Å². The SMILES string of the molecule is CCCCCCCCCCC/C=C/C[C@@H](OCc1ccccc1)[C@@H](OCc1ccccc1)[C@H](CO[C@H]1O[C@@H]2CO[Si](C(C)(C)C)(C(C)(C)C)O[C@@H]2[C@H](OCc2ccccc2)[C@H]1OCc1ccccc1)N=[N+]=[N-]. The summed E-state index contributed by atoms with van der Waals surface area (Å²) in [6, 6.07) is 39.6. The van der Waals surface area contributed by atoms with Crippen molar-refractivity contribution in [1.29, 1.82) is 0 Å². The third-order valence-electron chi connectivity index (χ3n) is 13.9. The number of azide groups is 1. The van der Waals surface area contributed by atoms with Crippen LogP contribution >= 0.6 is 0 Å². The lowest BCUT2D eigenvalue weighted by atomic mass is 9.98. The van der Waals surface area contributed by atoms with Crippen LogP contribution in [0.1, 0.15) is 141 Å². The molecule has 0 bridgehead atoms. The molecule has 8 atom stereocenters. The molecule has 0 spiro atoms. The molecule has 0 aromatic heterocycles. The van der Waals surface area contributed by atoms with Crippen LogP contribution in [-0.4, -0.2) is 70.7 Å². The number of hydrogen-bond acceptors (Lipinski definition) is 9. The predicted molar refractivity (Wildman–Crippen MR) is 289 cm³/mol. The molecule has 2 heterocycles. The van der Waals surface area contributed by atoms with E-state index in [9.17, 15) is 5.53 Å². The maximum Gasteiger partial charge on any atom is 0.349 e. The Kier molecular flexibility index (Phi) is 23.5. The molecule has 6 rings (SSSR count). The van der Waals surface area contributed by atoms with Gasteiger partial charge in [-0.3, -0.25) is 0 Å². The summed E-state index contributed by atoms with van der Waals surface area (Å²) in [4.78, 5) is 3.40. The van der Waals surface area contributed by atoms with Crippen molar-refractivity contribution in [1.82, 2.24) is 0 Å². The van der Waals surface area contributed by atoms with Gasteiger partial charge in [0.2, 0.25) is 0 Å². The fourth-order valence-electron chi connectivity index (χ4n) is 10.2. The van der Waals surface area contributed by atoms with E-state index in [1.165, 1.54) is 51.4 Å². The third kappa shape index (κ3) is 17.2. The molecule has 4 aromatic rings. The zero-order chi connectivity index (χ0) is 51.1. The minimum absolute atomic E-state index is 0.0556. The lowest BCUT2D eigenvalue weighted by Gasteiger charge is -2.58. The lowest BCUT2D eigenvalue weighted by molar-refractivity contribution is -0.327. The highest BCUT2D eigenvalue weighted by molar-refractivity contribution is 6.73. The second kappa shape index (κ2) is 29.6. The average molecular weight is 1000 g/mol. The van der Waals surface area contributed by atoms with E-state index in [-0.39, 0.29) is 29.9 Å². The van der Waals surface area contributed by atoms with Gasteiger partial charge in [0.15, 0.2) is 6.29 Å². The highest BCUT2D eigenvalue weighted by atomic mass is 28.4. The summed E-state index contributed by atoms with van der Waals surface area (Å²) in [5, 5.41) is 3.86. The molecule has 2 aliphatic rings. The Morgan fingerprint density at radius 1 is 0.625 bits per heavy atom. The number of allylic oxidation sites excluding steroid dienone is 1. The number of fused-ring (bicyclic) bond motifs is 1. The monoisotopic (exact) mass is 1000 g/mol. The fourth-order valence-corrected chi connectivity index (χ4v) is 15.2. The van der Waals surface area contributed by atoms with E-state index in [0.717, 1.165) is 35.1 Å². The number of benzene rings is 4. The maximum absolute atomic E-state index is 10.3. The summed E-state index contributed by atoms with van der Waals surface area (Å²) in [5.74, 6) is 0. The van der Waals surface area contributed by atoms with Crippen LogP contribution in [-0.2, 0) is 63.7 Å². The quantitative estimate of drug-likeness (QED) is 0.0126. The molecule has 0 unspecified atom stereocenters. The van der Waals surface area contributed by atoms with Gasteiger partial charge in [-0.25, -0.2) is 0 Å². The van der Waals surface area contributed by atoms with Gasteiger partial charge >= 0.3 is 8.56 Å². The molecule has 2 aliphatic heterocycles. The van der Waals surface area contributed by atoms with Crippen molar-refractivity contribution in [3.8, 4) is 0 Å². The van der Waals surface area contributed by atoms with Crippen LogP contribution in [0.15, 0.2) is 139 Å². The first-order valence-corrected chi connectivity index (χ1v) is 28.6. The third-order valence-corrected chi connectivity index (χ3v) is 19.0. The van der Waals surface area contributed by atoms with Gasteiger partial charge in [-0.2, -0.15) is 0 Å². The first-order chi connectivity index (χ1) is 34.9. The molecule has 0 saturated carbocycles. The Morgan fingerprint density at radius 3 is 1.62 bits per heavy atom. The van der Waals surface area contributed by atoms with E-state index in [1.54, 1.807) is 0 Å². The van der Waals surface area contributed by atoms with Crippen molar-refractivity contribution in [3.05, 3.63) is 166 Å². The van der Waals surface area contributed by atoms with E-state index < -0.39 is 57.5 Å². The number of rotatable bonds is 30. The molecule has 0 aliphatic carbocycles. The molecule has 0 N–H and O–H groups in total. The second-order valence-electron chi connectivity index (χ2n) is 21.6. The highest BCUT2D eigenvalue weighted by Gasteiger charge is 2.65. The standard InChI is InChI=1S/C60H85N3O8Si/c1-8-9-10-11-12-13-14-15-16-17-18-31-40-52(64-41-47-32-23-19-24-33-47)54(65-42-48-34-25-20-26-35-48)51(62-63-61)45-68-58-57(67-44-50-38-29-22-30-39-50)56(66-43-49-36-27-21-28-37-49)55-53(70-58)46-69-72(71-55,59(2,3)4)60(5,6)7/h18-39,51-58H,8-17,40-46H2,1-7H3/b31-18+/t51-,52+,53+,54-,55-,56-,57+,58-/m0/s1. The normalized spacial score (nSPS) is 21.4. The van der Waals surface area contributed by atoms with E-state index in [4.69, 9.17) is 37.3 Å². The van der Waals surface area contributed by atoms with Crippen LogP contribution in [0.3, 0.4) is 0 Å². The molecule has 72 heavy (non-hydrogen) atoms. The summed E-state index contributed by atoms with van der Waals surface area (Å²) < 4.78 is 56.0. The Hall–Kier alpha value is -4.17. The van der Waals surface area contributed by atoms with Gasteiger partial charge in [-0.05, 0) is 47.0 Å². The second-order valence-corrected chi connectivity index (χ2v) is 26.4. The zero-order valence-electron chi connectivity index (χ0n) is 44.4. The Balaban J connectivity index is 1.29. The van der Waals surface area contributed by atoms with Crippen LogP contribution in [0, 0.1) is 0 Å². The first kappa shape index (κ1) is 57.1. The van der Waals surface area contributed by atoms with Crippen LogP contribution in [0.5, 0.6) is 0 Å². The molecular formula is C60H85N3O8Si. The number of ether oxygens (including phenoxy) is 6. The van der Waals surface area contributed by atoms with Crippen LogP contribution in [0.25, 0.3) is 10.4 Å². The highest BCUT2D eigenvalue weighted by Crippen LogP contribution is 2.55. The van der Waals surface area contributed by atoms with Gasteiger partial charge in [0, 0.05) is 15.0 Å². The molecule has 11 nitrogen and oxygen atoms in total. The average Bonchev–Trinajstić information content (AvgIpc) is 3.38. The number of nitrogens with zero attached hydrogens (tertiary/aromatic N) is 3. The fraction of sp³-hybridized carbons (Fsp3) is 0.567. The Bertz CT molecular complexity index is 2150. The lowest BCUT2D eigenvalue weighted by Crippen LogP contribution is -2.72. The summed E-state index contributed by atoms with van der Waals surface area (Å²) >= 11 is 0. The largest absolute Gasteiger partial charge is 0.391 e. The molecule has 2 fully saturated rings. The van der Waals surface area contributed by atoms with Crippen molar-refractivity contribution in [2.24, 2.45) is 5.11 Å². The van der Waals surface area contributed by atoms with Crippen LogP contribution in [0.4, 0.5) is 0 Å². The van der Waals surface area contributed by atoms with Gasteiger partial charge in [0.05, 0.1) is 57.9 Å². The molecule has 392 valence electrons. The summed E-state index contributed by atoms with van der Waals surface area (Å²) in [6.45, 7) is 17.0. The predicted octanol–water partition coefficient (Wildman–Crippen LogP) is 15.1. The van der Waals surface area contributed by atoms with Gasteiger partial charge in [0.25, 0.3) is 0 Å². The minimum atomic E-state index is -3.00. The molecule has 0 radical (unpaired) electrons. The number of hydrogen-bond donors (Lipinski definition) is 0. The van der Waals surface area contributed by atoms with E-state index >= 15 is 0 Å². The van der Waals surface area contributed by atoms with Gasteiger partial charge < -0.3 is 37.3 Å². The Labute approximate surface area is 433 Å². The molecular weight excluding hydrogens is 919 g/mol. The smallest absolute Gasteiger partial charge is 0.349 e. The summed E-state index contributed by atoms with van der Waals surface area (Å²) in [7, 11) is -3.00. The first-order valence-electron chi connectivity index (χ1n) is 26.8. The van der Waals surface area contributed by atoms with Gasteiger partial charge in [-0.1, -0.05) is 238 Å². The molecule has 0 amide bonds. The van der Waals surface area contributed by atoms with Crippen molar-refractivity contribution >= 4 is 8.56 Å². The van der Waals surface area contributed by atoms with Crippen molar-refractivity contribution < 1.29 is 37.3 Å². The minimum Gasteiger partial charge on any atom is -0.391 e. The molecule has 12 heteroatoms. The van der Waals surface area contributed by atoms with E-state index in [1.807, 2.05) is 97.1 Å². The van der Waals surface area contributed by atoms with E-state index in [2.05, 4.69) is 94.9 Å². The van der Waals surface area contributed by atoms with Gasteiger partial charge in [0.1, 0.15) is 24.4 Å². The molecule has 4 aromatic carbocycles. The maximum atomic E-state index is 10.3. The van der Waals surface area contributed by atoms with Crippen LogP contribution < -0.4 is 0 Å².